The van der Waals surface area contributed by atoms with Gasteiger partial charge in [-0.15, -0.1) is 12.4 Å². The minimum atomic E-state index is -0.268. The highest BCUT2D eigenvalue weighted by Crippen LogP contribution is 2.28. The van der Waals surface area contributed by atoms with Gasteiger partial charge in [0.2, 0.25) is 5.91 Å². The fraction of sp³-hybridized carbons (Fsp3) is 0.562. The van der Waals surface area contributed by atoms with Gasteiger partial charge in [-0.05, 0) is 49.5 Å². The summed E-state index contributed by atoms with van der Waals surface area (Å²) in [5.41, 5.74) is 6.80. The Labute approximate surface area is 137 Å². The first-order valence-electron chi connectivity index (χ1n) is 7.39. The average Bonchev–Trinajstić information content (AvgIpc) is 2.81. The lowest BCUT2D eigenvalue weighted by atomic mass is 9.90. The largest absolute Gasteiger partial charge is 0.348 e. The predicted octanol–water partition coefficient (Wildman–Crippen LogP) is 2.10. The lowest BCUT2D eigenvalue weighted by molar-refractivity contribution is -0.122. The van der Waals surface area contributed by atoms with Crippen LogP contribution in [0.1, 0.15) is 31.9 Å². The molecule has 124 valence electrons. The molecule has 1 amide bonds. The summed E-state index contributed by atoms with van der Waals surface area (Å²) >= 11 is 0. The van der Waals surface area contributed by atoms with Gasteiger partial charge in [0, 0.05) is 6.54 Å². The third-order valence-corrected chi connectivity index (χ3v) is 4.24. The van der Waals surface area contributed by atoms with Crippen LogP contribution < -0.4 is 11.1 Å². The van der Waals surface area contributed by atoms with Gasteiger partial charge in [0.05, 0.1) is 12.6 Å². The number of carbonyl (C=O) groups is 1. The van der Waals surface area contributed by atoms with Crippen LogP contribution in [0.15, 0.2) is 24.3 Å². The molecular weight excluding hydrogens is 305 g/mol. The molecule has 2 rings (SSSR count). The summed E-state index contributed by atoms with van der Waals surface area (Å²) in [6, 6.07) is 6.08. The van der Waals surface area contributed by atoms with Gasteiger partial charge in [0.25, 0.3) is 0 Å². The molecule has 22 heavy (non-hydrogen) atoms. The Morgan fingerprint density at radius 1 is 1.45 bits per heavy atom. The molecule has 1 aliphatic heterocycles. The van der Waals surface area contributed by atoms with Gasteiger partial charge in [-0.3, -0.25) is 9.69 Å². The molecule has 0 saturated carbocycles. The molecule has 1 aliphatic rings. The molecule has 1 aromatic carbocycles. The first kappa shape index (κ1) is 18.9. The minimum Gasteiger partial charge on any atom is -0.348 e. The molecule has 0 bridgehead atoms. The Hall–Kier alpha value is -1.17. The van der Waals surface area contributed by atoms with E-state index in [0.29, 0.717) is 13.1 Å². The van der Waals surface area contributed by atoms with E-state index >= 15 is 0 Å². The molecule has 1 aromatic rings. The number of amides is 1. The van der Waals surface area contributed by atoms with Crippen molar-refractivity contribution in [1.82, 2.24) is 10.2 Å². The minimum absolute atomic E-state index is 0. The number of rotatable bonds is 5. The Bertz CT molecular complexity index is 497. The highest BCUT2D eigenvalue weighted by Gasteiger charge is 2.33. The highest BCUT2D eigenvalue weighted by atomic mass is 35.5. The Balaban J connectivity index is 0.00000242. The molecule has 6 heteroatoms. The number of benzene rings is 1. The van der Waals surface area contributed by atoms with Crippen LogP contribution in [0.4, 0.5) is 4.39 Å². The molecular formula is C16H25ClFN3O. The van der Waals surface area contributed by atoms with Crippen LogP contribution in [0.3, 0.4) is 0 Å². The third-order valence-electron chi connectivity index (χ3n) is 4.24. The number of hydrogen-bond donors (Lipinski definition) is 2. The normalized spacial score (nSPS) is 22.9. The van der Waals surface area contributed by atoms with Gasteiger partial charge in [-0.1, -0.05) is 19.1 Å². The molecule has 2 atom stereocenters. The molecule has 0 radical (unpaired) electrons. The SMILES string of the molecule is CC(NC(=O)CN1CCC(C)(CN)C1)c1ccc(F)cc1.Cl. The number of nitrogens with two attached hydrogens (primary N) is 1. The Morgan fingerprint density at radius 2 is 2.09 bits per heavy atom. The van der Waals surface area contributed by atoms with Gasteiger partial charge in [-0.25, -0.2) is 4.39 Å². The van der Waals surface area contributed by atoms with E-state index in [9.17, 15) is 9.18 Å². The predicted molar refractivity (Wildman–Crippen MR) is 88.4 cm³/mol. The maximum absolute atomic E-state index is 12.9. The van der Waals surface area contributed by atoms with E-state index in [2.05, 4.69) is 17.1 Å². The fourth-order valence-corrected chi connectivity index (χ4v) is 2.75. The van der Waals surface area contributed by atoms with Crippen LogP contribution in [-0.4, -0.2) is 37.0 Å². The molecule has 0 aliphatic carbocycles. The summed E-state index contributed by atoms with van der Waals surface area (Å²) in [6.07, 6.45) is 1.03. The van der Waals surface area contributed by atoms with E-state index in [-0.39, 0.29) is 35.6 Å². The second-order valence-electron chi connectivity index (χ2n) is 6.32. The monoisotopic (exact) mass is 329 g/mol. The van der Waals surface area contributed by atoms with Crippen molar-refractivity contribution < 1.29 is 9.18 Å². The number of nitrogens with one attached hydrogen (secondary N) is 1. The highest BCUT2D eigenvalue weighted by molar-refractivity contribution is 5.85. The lowest BCUT2D eigenvalue weighted by Crippen LogP contribution is -2.39. The van der Waals surface area contributed by atoms with Crippen molar-refractivity contribution in [3.05, 3.63) is 35.6 Å². The number of likely N-dealkylation sites (tertiary alicyclic amines) is 1. The van der Waals surface area contributed by atoms with Gasteiger partial charge in [0.1, 0.15) is 5.82 Å². The van der Waals surface area contributed by atoms with Crippen LogP contribution in [0.2, 0.25) is 0 Å². The Kier molecular flexibility index (Phi) is 6.78. The summed E-state index contributed by atoms with van der Waals surface area (Å²) in [5.74, 6) is -0.275. The third kappa shape index (κ3) is 4.93. The van der Waals surface area contributed by atoms with Crippen LogP contribution in [-0.2, 0) is 4.79 Å². The number of nitrogens with zero attached hydrogens (tertiary/aromatic N) is 1. The van der Waals surface area contributed by atoms with Crippen molar-refractivity contribution in [2.45, 2.75) is 26.3 Å². The topological polar surface area (TPSA) is 58.4 Å². The van der Waals surface area contributed by atoms with Crippen LogP contribution in [0.5, 0.6) is 0 Å². The smallest absolute Gasteiger partial charge is 0.234 e. The molecule has 1 saturated heterocycles. The Morgan fingerprint density at radius 3 is 2.64 bits per heavy atom. The van der Waals surface area contributed by atoms with Crippen molar-refractivity contribution in [3.8, 4) is 0 Å². The van der Waals surface area contributed by atoms with E-state index in [4.69, 9.17) is 5.73 Å². The zero-order valence-corrected chi connectivity index (χ0v) is 14.0. The van der Waals surface area contributed by atoms with Crippen molar-refractivity contribution in [2.24, 2.45) is 11.1 Å². The van der Waals surface area contributed by atoms with Crippen molar-refractivity contribution in [3.63, 3.8) is 0 Å². The lowest BCUT2D eigenvalue weighted by Gasteiger charge is -2.23. The zero-order valence-electron chi connectivity index (χ0n) is 13.1. The van der Waals surface area contributed by atoms with E-state index in [1.165, 1.54) is 12.1 Å². The number of hydrogen-bond acceptors (Lipinski definition) is 3. The molecule has 2 unspecified atom stereocenters. The van der Waals surface area contributed by atoms with Crippen molar-refractivity contribution >= 4 is 18.3 Å². The van der Waals surface area contributed by atoms with Crippen LogP contribution in [0, 0.1) is 11.2 Å². The first-order chi connectivity index (χ1) is 9.92. The number of carbonyl (C=O) groups excluding carboxylic acids is 1. The molecule has 4 nitrogen and oxygen atoms in total. The molecule has 3 N–H and O–H groups in total. The molecule has 0 spiro atoms. The van der Waals surface area contributed by atoms with E-state index in [0.717, 1.165) is 25.1 Å². The van der Waals surface area contributed by atoms with E-state index in [1.54, 1.807) is 12.1 Å². The van der Waals surface area contributed by atoms with Crippen LogP contribution in [0.25, 0.3) is 0 Å². The molecule has 1 heterocycles. The van der Waals surface area contributed by atoms with Gasteiger partial charge >= 0.3 is 0 Å². The van der Waals surface area contributed by atoms with Gasteiger partial charge in [-0.2, -0.15) is 0 Å². The zero-order chi connectivity index (χ0) is 15.5. The summed E-state index contributed by atoms with van der Waals surface area (Å²) in [4.78, 5) is 14.2. The molecule has 1 fully saturated rings. The summed E-state index contributed by atoms with van der Waals surface area (Å²) in [6.45, 7) is 6.87. The van der Waals surface area contributed by atoms with Crippen LogP contribution >= 0.6 is 12.4 Å². The first-order valence-corrected chi connectivity index (χ1v) is 7.39. The maximum Gasteiger partial charge on any atom is 0.234 e. The average molecular weight is 330 g/mol. The second-order valence-corrected chi connectivity index (χ2v) is 6.32. The summed E-state index contributed by atoms with van der Waals surface area (Å²) < 4.78 is 12.9. The summed E-state index contributed by atoms with van der Waals surface area (Å²) in [7, 11) is 0. The summed E-state index contributed by atoms with van der Waals surface area (Å²) in [5, 5.41) is 2.95. The second kappa shape index (κ2) is 7.90. The van der Waals surface area contributed by atoms with E-state index < -0.39 is 0 Å². The molecule has 0 aromatic heterocycles. The van der Waals surface area contributed by atoms with E-state index in [1.807, 2.05) is 6.92 Å². The number of halogens is 2. The fourth-order valence-electron chi connectivity index (χ4n) is 2.75. The van der Waals surface area contributed by atoms with Crippen molar-refractivity contribution in [1.29, 1.82) is 0 Å². The maximum atomic E-state index is 12.9. The van der Waals surface area contributed by atoms with Crippen molar-refractivity contribution in [2.75, 3.05) is 26.2 Å². The van der Waals surface area contributed by atoms with Gasteiger partial charge in [0.15, 0.2) is 0 Å². The van der Waals surface area contributed by atoms with Gasteiger partial charge < -0.3 is 11.1 Å². The standard InChI is InChI=1S/C16H24FN3O.ClH/c1-12(13-3-5-14(17)6-4-13)19-15(21)9-20-8-7-16(2,10-18)11-20;/h3-6,12H,7-11,18H2,1-2H3,(H,19,21);1H. The quantitative estimate of drug-likeness (QED) is 0.869.